The van der Waals surface area contributed by atoms with Gasteiger partial charge in [0.15, 0.2) is 0 Å². The third kappa shape index (κ3) is 3.45. The first-order valence-corrected chi connectivity index (χ1v) is 5.88. The van der Waals surface area contributed by atoms with Crippen molar-refractivity contribution in [3.8, 4) is 6.07 Å². The zero-order chi connectivity index (χ0) is 10.4. The van der Waals surface area contributed by atoms with Crippen LogP contribution in [0.4, 0.5) is 0 Å². The summed E-state index contributed by atoms with van der Waals surface area (Å²) in [6.07, 6.45) is 1.48. The van der Waals surface area contributed by atoms with Crippen LogP contribution in [0.2, 0.25) is 0 Å². The minimum absolute atomic E-state index is 0.00806. The van der Waals surface area contributed by atoms with E-state index in [0.717, 1.165) is 13.0 Å². The highest BCUT2D eigenvalue weighted by atomic mass is 32.2. The number of nitriles is 1. The quantitative estimate of drug-likeness (QED) is 0.697. The maximum absolute atomic E-state index is 8.60. The summed E-state index contributed by atoms with van der Waals surface area (Å²) in [4.78, 5) is 0. The molecule has 2 atom stereocenters. The second kappa shape index (κ2) is 6.23. The van der Waals surface area contributed by atoms with Crippen LogP contribution in [-0.2, 0) is 9.47 Å². The van der Waals surface area contributed by atoms with Gasteiger partial charge in [0.05, 0.1) is 12.7 Å². The Hall–Kier alpha value is -0.310. The molecule has 0 aliphatic carbocycles. The van der Waals surface area contributed by atoms with Crippen LogP contribution in [0, 0.1) is 17.2 Å². The van der Waals surface area contributed by atoms with E-state index in [-0.39, 0.29) is 5.44 Å². The molecule has 1 fully saturated rings. The fourth-order valence-electron chi connectivity index (χ4n) is 1.30. The molecule has 0 N–H and O–H groups in total. The molecule has 1 aliphatic rings. The Labute approximate surface area is 93.8 Å². The molecule has 14 heavy (non-hydrogen) atoms. The number of hydrogen-bond donors (Lipinski definition) is 0. The summed E-state index contributed by atoms with van der Waals surface area (Å²) in [5, 5.41) is 8.60. The molecule has 1 saturated heterocycles. The second-order valence-corrected chi connectivity index (χ2v) is 4.65. The molecule has 0 unspecified atom stereocenters. The van der Waals surface area contributed by atoms with Gasteiger partial charge in [-0.1, -0.05) is 0 Å². The van der Waals surface area contributed by atoms with Crippen LogP contribution in [0.3, 0.4) is 0 Å². The van der Waals surface area contributed by atoms with E-state index in [1.165, 1.54) is 11.8 Å². The minimum atomic E-state index is 0.00806. The number of thiocarbonyl (C=S) groups is 1. The zero-order valence-corrected chi connectivity index (χ0v) is 9.70. The smallest absolute Gasteiger partial charge is 0.222 e. The lowest BCUT2D eigenvalue weighted by molar-refractivity contribution is 0.160. The molecule has 3 nitrogen and oxygen atoms in total. The summed E-state index contributed by atoms with van der Waals surface area (Å²) in [5.74, 6) is 0.295. The maximum atomic E-state index is 8.60. The van der Waals surface area contributed by atoms with Crippen LogP contribution in [0.5, 0.6) is 0 Å². The van der Waals surface area contributed by atoms with Crippen molar-refractivity contribution in [2.45, 2.75) is 25.2 Å². The van der Waals surface area contributed by atoms with Crippen molar-refractivity contribution in [3.05, 3.63) is 0 Å². The summed E-state index contributed by atoms with van der Waals surface area (Å²) in [6, 6.07) is 2.17. The lowest BCUT2D eigenvalue weighted by Crippen LogP contribution is -2.14. The number of nitrogens with zero attached hydrogens (tertiary/aromatic N) is 1. The summed E-state index contributed by atoms with van der Waals surface area (Å²) in [6.45, 7) is 3.20. The highest BCUT2D eigenvalue weighted by Gasteiger charge is 2.29. The molecular weight excluding hydrogens is 218 g/mol. The predicted octanol–water partition coefficient (Wildman–Crippen LogP) is 2.32. The van der Waals surface area contributed by atoms with E-state index in [1.807, 2.05) is 6.92 Å². The van der Waals surface area contributed by atoms with E-state index in [2.05, 4.69) is 6.07 Å². The van der Waals surface area contributed by atoms with Gasteiger partial charge in [-0.2, -0.15) is 5.26 Å². The van der Waals surface area contributed by atoms with E-state index in [1.54, 1.807) is 0 Å². The highest BCUT2D eigenvalue weighted by molar-refractivity contribution is 8.22. The Bertz CT molecular complexity index is 239. The van der Waals surface area contributed by atoms with E-state index in [9.17, 15) is 0 Å². The van der Waals surface area contributed by atoms with Crippen molar-refractivity contribution in [1.82, 2.24) is 0 Å². The highest BCUT2D eigenvalue weighted by Crippen LogP contribution is 2.32. The van der Waals surface area contributed by atoms with Gasteiger partial charge in [0.2, 0.25) is 4.38 Å². The Morgan fingerprint density at radius 1 is 1.79 bits per heavy atom. The van der Waals surface area contributed by atoms with Crippen molar-refractivity contribution < 1.29 is 9.47 Å². The Kier molecular flexibility index (Phi) is 5.23. The predicted molar refractivity (Wildman–Crippen MR) is 59.9 cm³/mol. The van der Waals surface area contributed by atoms with Crippen molar-refractivity contribution in [3.63, 3.8) is 0 Å². The van der Waals surface area contributed by atoms with E-state index in [0.29, 0.717) is 23.3 Å². The molecular formula is C9H13NO2S2. The zero-order valence-electron chi connectivity index (χ0n) is 8.06. The van der Waals surface area contributed by atoms with Gasteiger partial charge in [0.25, 0.3) is 0 Å². The number of ether oxygens (including phenoxy) is 2. The van der Waals surface area contributed by atoms with Crippen molar-refractivity contribution >= 4 is 28.4 Å². The number of rotatable bonds is 3. The molecule has 0 aromatic heterocycles. The molecule has 1 heterocycles. The van der Waals surface area contributed by atoms with E-state index in [4.69, 9.17) is 27.0 Å². The second-order valence-electron chi connectivity index (χ2n) is 2.95. The number of hydrogen-bond acceptors (Lipinski definition) is 5. The Morgan fingerprint density at radius 2 is 2.57 bits per heavy atom. The molecule has 78 valence electrons. The fourth-order valence-corrected chi connectivity index (χ4v) is 2.67. The summed E-state index contributed by atoms with van der Waals surface area (Å²) in [7, 11) is 0. The average Bonchev–Trinajstić information content (AvgIpc) is 2.54. The summed E-state index contributed by atoms with van der Waals surface area (Å²) >= 11 is 6.42. The van der Waals surface area contributed by atoms with Crippen LogP contribution in [0.25, 0.3) is 0 Å². The van der Waals surface area contributed by atoms with Crippen LogP contribution in [-0.4, -0.2) is 23.0 Å². The SMILES string of the molecule is CCOC(=S)S[C@@H]1OCC[C@H]1CC#N. The molecule has 0 saturated carbocycles. The van der Waals surface area contributed by atoms with E-state index < -0.39 is 0 Å². The van der Waals surface area contributed by atoms with Crippen molar-refractivity contribution in [2.75, 3.05) is 13.2 Å². The average molecular weight is 231 g/mol. The maximum Gasteiger partial charge on any atom is 0.222 e. The van der Waals surface area contributed by atoms with E-state index >= 15 is 0 Å². The molecule has 0 amide bonds. The van der Waals surface area contributed by atoms with Crippen LogP contribution in [0.1, 0.15) is 19.8 Å². The Morgan fingerprint density at radius 3 is 3.21 bits per heavy atom. The first kappa shape index (κ1) is 11.8. The number of thioether (sulfide) groups is 1. The molecule has 0 aromatic rings. The third-order valence-corrected chi connectivity index (χ3v) is 3.45. The normalized spacial score (nSPS) is 25.7. The topological polar surface area (TPSA) is 42.2 Å². The molecule has 1 aliphatic heterocycles. The fraction of sp³-hybridized carbons (Fsp3) is 0.778. The van der Waals surface area contributed by atoms with Crippen LogP contribution >= 0.6 is 24.0 Å². The van der Waals surface area contributed by atoms with Gasteiger partial charge in [0, 0.05) is 18.9 Å². The van der Waals surface area contributed by atoms with Crippen molar-refractivity contribution in [1.29, 1.82) is 5.26 Å². The van der Waals surface area contributed by atoms with Gasteiger partial charge in [-0.15, -0.1) is 0 Å². The van der Waals surface area contributed by atoms with Gasteiger partial charge in [-0.25, -0.2) is 0 Å². The summed E-state index contributed by atoms with van der Waals surface area (Å²) in [5.41, 5.74) is 0.00806. The van der Waals surface area contributed by atoms with Crippen LogP contribution in [0.15, 0.2) is 0 Å². The Balaban J connectivity index is 2.36. The third-order valence-electron chi connectivity index (χ3n) is 1.98. The van der Waals surface area contributed by atoms with Gasteiger partial charge in [-0.05, 0) is 37.3 Å². The molecule has 0 radical (unpaired) electrons. The molecule has 0 spiro atoms. The van der Waals surface area contributed by atoms with Crippen molar-refractivity contribution in [2.24, 2.45) is 5.92 Å². The van der Waals surface area contributed by atoms with Gasteiger partial charge >= 0.3 is 0 Å². The monoisotopic (exact) mass is 231 g/mol. The molecule has 5 heteroatoms. The molecule has 0 bridgehead atoms. The van der Waals surface area contributed by atoms with Gasteiger partial charge in [-0.3, -0.25) is 0 Å². The molecule has 1 rings (SSSR count). The standard InChI is InChI=1S/C9H13NO2S2/c1-2-11-9(13)14-8-7(3-5-10)4-6-12-8/h7-8H,2-4,6H2,1H3/t7-,8+/m1/s1. The minimum Gasteiger partial charge on any atom is -0.479 e. The molecule has 0 aromatic carbocycles. The lowest BCUT2D eigenvalue weighted by atomic mass is 10.1. The van der Waals surface area contributed by atoms with Crippen LogP contribution < -0.4 is 0 Å². The lowest BCUT2D eigenvalue weighted by Gasteiger charge is -2.15. The first-order chi connectivity index (χ1) is 6.77. The first-order valence-electron chi connectivity index (χ1n) is 4.60. The van der Waals surface area contributed by atoms with Gasteiger partial charge < -0.3 is 9.47 Å². The van der Waals surface area contributed by atoms with Gasteiger partial charge in [0.1, 0.15) is 5.44 Å². The largest absolute Gasteiger partial charge is 0.479 e. The summed E-state index contributed by atoms with van der Waals surface area (Å²) < 4.78 is 11.2.